The van der Waals surface area contributed by atoms with Crippen molar-refractivity contribution < 1.29 is 0 Å². The molecule has 0 saturated heterocycles. The Labute approximate surface area is 278 Å². The van der Waals surface area contributed by atoms with E-state index in [1.165, 1.54) is 33.4 Å². The summed E-state index contributed by atoms with van der Waals surface area (Å²) in [5.41, 5.74) is 19.8. The third-order valence-corrected chi connectivity index (χ3v) is 10.3. The van der Waals surface area contributed by atoms with Crippen LogP contribution in [0.1, 0.15) is 113 Å². The van der Waals surface area contributed by atoms with E-state index in [1.54, 1.807) is 0 Å². The number of fused-ring (bicyclic) bond motifs is 8. The predicted octanol–water partition coefficient (Wildman–Crippen LogP) is 10.7. The Morgan fingerprint density at radius 1 is 0.489 bits per heavy atom. The molecule has 1 aromatic carbocycles. The van der Waals surface area contributed by atoms with Crippen LogP contribution in [0.2, 0.25) is 0 Å². The molecule has 5 heterocycles. The van der Waals surface area contributed by atoms with Gasteiger partial charge in [0.1, 0.15) is 5.69 Å². The van der Waals surface area contributed by atoms with E-state index < -0.39 is 0 Å². The molecule has 3 N–H and O–H groups in total. The van der Waals surface area contributed by atoms with Crippen LogP contribution >= 0.6 is 0 Å². The average molecular weight is 627 g/mol. The van der Waals surface area contributed by atoms with E-state index in [4.69, 9.17) is 4.98 Å². The molecule has 47 heavy (non-hydrogen) atoms. The lowest BCUT2D eigenvalue weighted by Gasteiger charge is -2.10. The molecule has 0 atom stereocenters. The van der Waals surface area contributed by atoms with Gasteiger partial charge in [0.2, 0.25) is 5.43 Å². The van der Waals surface area contributed by atoms with Crippen LogP contribution in [0.3, 0.4) is 0 Å². The molecule has 1 aliphatic heterocycles. The fraction of sp³-hybridized carbons (Fsp3) is 0.381. The molecule has 5 heteroatoms. The number of nitrogens with one attached hydrogen (secondary N) is 3. The third-order valence-electron chi connectivity index (χ3n) is 10.3. The van der Waals surface area contributed by atoms with Gasteiger partial charge in [-0.25, -0.2) is 4.98 Å². The van der Waals surface area contributed by atoms with Crippen molar-refractivity contribution in [3.8, 4) is 11.1 Å². The molecule has 0 amide bonds. The van der Waals surface area contributed by atoms with Crippen LogP contribution in [0.5, 0.6) is 0 Å². The lowest BCUT2D eigenvalue weighted by atomic mass is 9.93. The summed E-state index contributed by atoms with van der Waals surface area (Å²) in [5.74, 6) is 0. The number of hydrogen-bond donors (Lipinski definition) is 3. The normalized spacial score (nSPS) is 12.5. The summed E-state index contributed by atoms with van der Waals surface area (Å²) in [7, 11) is 0. The molecule has 5 nitrogen and oxygen atoms in total. The lowest BCUT2D eigenvalue weighted by Crippen LogP contribution is -2.08. The highest BCUT2D eigenvalue weighted by Crippen LogP contribution is 2.41. The van der Waals surface area contributed by atoms with Gasteiger partial charge in [-0.1, -0.05) is 85.7 Å². The van der Waals surface area contributed by atoms with Gasteiger partial charge in [0.05, 0.1) is 16.7 Å². The smallest absolute Gasteiger partial charge is 0.228 e. The van der Waals surface area contributed by atoms with Crippen molar-refractivity contribution in [3.05, 3.63) is 97.5 Å². The molecule has 0 aliphatic carbocycles. The first-order chi connectivity index (χ1) is 22.9. The summed E-state index contributed by atoms with van der Waals surface area (Å²) >= 11 is 0. The summed E-state index contributed by atoms with van der Waals surface area (Å²) in [5, 5.41) is 0. The number of hydrogen-bond acceptors (Lipinski definition) is 2. The summed E-state index contributed by atoms with van der Waals surface area (Å²) in [6, 6.07) is 15.2. The quantitative estimate of drug-likeness (QED) is 0.152. The molecular formula is C42H50N4O. The molecular weight excluding hydrogens is 576 g/mol. The average Bonchev–Trinajstić information content (AvgIpc) is 3.84. The Bertz CT molecular complexity index is 2190. The van der Waals surface area contributed by atoms with Gasteiger partial charge in [-0.3, -0.25) is 4.79 Å². The highest BCUT2D eigenvalue weighted by molar-refractivity contribution is 6.01. The van der Waals surface area contributed by atoms with Crippen molar-refractivity contribution in [2.75, 3.05) is 0 Å². The number of nitrogens with zero attached hydrogens (tertiary/aromatic N) is 1. The van der Waals surface area contributed by atoms with Crippen LogP contribution in [-0.2, 0) is 38.5 Å². The maximum atomic E-state index is 14.8. The van der Waals surface area contributed by atoms with Crippen molar-refractivity contribution >= 4 is 44.2 Å². The second-order valence-corrected chi connectivity index (χ2v) is 12.6. The van der Waals surface area contributed by atoms with Crippen LogP contribution in [0.15, 0.2) is 47.3 Å². The van der Waals surface area contributed by atoms with E-state index in [-0.39, 0.29) is 5.43 Å². The van der Waals surface area contributed by atoms with Crippen LogP contribution in [-0.4, -0.2) is 19.9 Å². The van der Waals surface area contributed by atoms with Crippen LogP contribution in [0, 0.1) is 0 Å². The molecule has 6 rings (SSSR count). The minimum atomic E-state index is -0.00360. The fourth-order valence-electron chi connectivity index (χ4n) is 8.22. The number of aryl methyl sites for hydroxylation is 6. The monoisotopic (exact) mass is 626 g/mol. The maximum Gasteiger partial charge on any atom is 0.228 e. The van der Waals surface area contributed by atoms with Gasteiger partial charge in [-0.05, 0) is 114 Å². The molecule has 0 saturated carbocycles. The molecule has 0 spiro atoms. The number of aromatic amines is 3. The highest BCUT2D eigenvalue weighted by atomic mass is 16.1. The number of aromatic nitrogens is 4. The topological polar surface area (TPSA) is 77.3 Å². The minimum absolute atomic E-state index is 0.00360. The second kappa shape index (κ2) is 13.4. The maximum absolute atomic E-state index is 14.8. The van der Waals surface area contributed by atoms with Crippen LogP contribution < -0.4 is 5.43 Å². The Balaban J connectivity index is 1.99. The zero-order valence-electron chi connectivity index (χ0n) is 29.6. The first kappa shape index (κ1) is 32.6. The number of rotatable bonds is 9. The van der Waals surface area contributed by atoms with Gasteiger partial charge in [0.15, 0.2) is 0 Å². The van der Waals surface area contributed by atoms with E-state index in [0.717, 1.165) is 107 Å². The van der Waals surface area contributed by atoms with Crippen molar-refractivity contribution in [1.82, 2.24) is 19.9 Å². The minimum Gasteiger partial charge on any atom is -0.355 e. The van der Waals surface area contributed by atoms with Gasteiger partial charge < -0.3 is 15.0 Å². The predicted molar refractivity (Wildman–Crippen MR) is 202 cm³/mol. The molecule has 8 bridgehead atoms. The second-order valence-electron chi connectivity index (χ2n) is 12.6. The SMILES string of the molecule is CCC1=C(CC)c2nc1c(-c1ccccc1)c1[nH]c(cc3[nH]c(cc4[nH]c(c(CC)c4CC)c2=O)c(CC)c3CC)c(CC)c1CC. The van der Waals surface area contributed by atoms with Gasteiger partial charge >= 0.3 is 0 Å². The first-order valence-corrected chi connectivity index (χ1v) is 18.0. The number of allylic oxidation sites excluding steroid dienone is 2. The van der Waals surface area contributed by atoms with Crippen molar-refractivity contribution in [2.24, 2.45) is 0 Å². The summed E-state index contributed by atoms with van der Waals surface area (Å²) < 4.78 is 0. The van der Waals surface area contributed by atoms with E-state index in [9.17, 15) is 4.79 Å². The summed E-state index contributed by atoms with van der Waals surface area (Å²) in [6.45, 7) is 17.7. The van der Waals surface area contributed by atoms with E-state index >= 15 is 0 Å². The summed E-state index contributed by atoms with van der Waals surface area (Å²) in [4.78, 5) is 31.6. The van der Waals surface area contributed by atoms with Gasteiger partial charge in [-0.15, -0.1) is 0 Å². The fourth-order valence-corrected chi connectivity index (χ4v) is 8.22. The molecule has 0 radical (unpaired) electrons. The Kier molecular flexibility index (Phi) is 9.27. The Morgan fingerprint density at radius 2 is 0.915 bits per heavy atom. The Morgan fingerprint density at radius 3 is 1.40 bits per heavy atom. The molecule has 244 valence electrons. The molecule has 1 aliphatic rings. The molecule has 0 unspecified atom stereocenters. The zero-order chi connectivity index (χ0) is 33.4. The van der Waals surface area contributed by atoms with Crippen molar-refractivity contribution in [3.63, 3.8) is 0 Å². The molecule has 4 aromatic heterocycles. The van der Waals surface area contributed by atoms with Crippen LogP contribution in [0.4, 0.5) is 0 Å². The van der Waals surface area contributed by atoms with E-state index in [1.807, 2.05) is 0 Å². The van der Waals surface area contributed by atoms with Crippen LogP contribution in [0.25, 0.3) is 55.4 Å². The number of H-pyrrole nitrogens is 3. The standard InChI is InChI=1S/C42H50N4O/c1-9-25-26(10-2)34-23-36-28(12-4)30(14-6)40(45-36)42(47)41-32(16-8)31(15-7)39(46-41)37(24-20-18-17-19-21-24)38-29(13-5)27(11-3)35(44-38)22-33(25)43-34/h17-23,43-45H,9-16H2,1-8H3. The van der Waals surface area contributed by atoms with Gasteiger partial charge in [0, 0.05) is 27.6 Å². The van der Waals surface area contributed by atoms with Gasteiger partial charge in [-0.2, -0.15) is 0 Å². The molecule has 5 aromatic rings. The molecule has 0 fully saturated rings. The van der Waals surface area contributed by atoms with Crippen molar-refractivity contribution in [1.29, 1.82) is 0 Å². The lowest BCUT2D eigenvalue weighted by molar-refractivity contribution is 1.07. The van der Waals surface area contributed by atoms with E-state index in [0.29, 0.717) is 11.2 Å². The first-order valence-electron chi connectivity index (χ1n) is 18.0. The largest absolute Gasteiger partial charge is 0.355 e. The highest BCUT2D eigenvalue weighted by Gasteiger charge is 2.26. The van der Waals surface area contributed by atoms with E-state index in [2.05, 4.69) is 113 Å². The van der Waals surface area contributed by atoms with Crippen molar-refractivity contribution in [2.45, 2.75) is 107 Å². The van der Waals surface area contributed by atoms with Gasteiger partial charge in [0.25, 0.3) is 0 Å². The summed E-state index contributed by atoms with van der Waals surface area (Å²) in [6.07, 6.45) is 6.84. The third kappa shape index (κ3) is 5.24. The number of benzene rings is 1. The Hall–Kier alpha value is -4.38. The zero-order valence-corrected chi connectivity index (χ0v) is 29.6.